The minimum atomic E-state index is -0.785. The molecule has 0 aliphatic carbocycles. The number of benzene rings is 1. The van der Waals surface area contributed by atoms with Crippen molar-refractivity contribution in [2.75, 3.05) is 0 Å². The Hall–Kier alpha value is -2.47. The molecule has 1 aromatic heterocycles. The SMILES string of the molecule is Cc1cc(N=CC2N=C(c3ccc(Cl)cc3)OC2=O)no1. The molecule has 21 heavy (non-hydrogen) atoms. The van der Waals surface area contributed by atoms with E-state index < -0.39 is 12.0 Å². The molecule has 3 rings (SSSR count). The fourth-order valence-corrected chi connectivity index (χ4v) is 1.87. The van der Waals surface area contributed by atoms with E-state index in [-0.39, 0.29) is 5.90 Å². The molecule has 1 atom stereocenters. The molecule has 0 amide bonds. The largest absolute Gasteiger partial charge is 0.405 e. The number of halogens is 1. The summed E-state index contributed by atoms with van der Waals surface area (Å²) in [6.07, 6.45) is 1.38. The predicted molar refractivity (Wildman–Crippen MR) is 77.3 cm³/mol. The number of hydrogen-bond acceptors (Lipinski definition) is 6. The van der Waals surface area contributed by atoms with E-state index in [1.807, 2.05) is 0 Å². The third-order valence-electron chi connectivity index (χ3n) is 2.75. The Balaban J connectivity index is 1.79. The molecule has 1 aliphatic heterocycles. The molecule has 0 radical (unpaired) electrons. The Morgan fingerprint density at radius 2 is 2.10 bits per heavy atom. The molecule has 0 spiro atoms. The Labute approximate surface area is 125 Å². The lowest BCUT2D eigenvalue weighted by Gasteiger charge is -1.98. The number of cyclic esters (lactones) is 1. The number of rotatable bonds is 3. The van der Waals surface area contributed by atoms with Crippen LogP contribution in [0.3, 0.4) is 0 Å². The van der Waals surface area contributed by atoms with E-state index in [2.05, 4.69) is 15.1 Å². The molecule has 6 nitrogen and oxygen atoms in total. The number of ether oxygens (including phenoxy) is 1. The summed E-state index contributed by atoms with van der Waals surface area (Å²) in [5.74, 6) is 0.797. The first-order valence-electron chi connectivity index (χ1n) is 6.15. The lowest BCUT2D eigenvalue weighted by Crippen LogP contribution is -2.16. The summed E-state index contributed by atoms with van der Waals surface area (Å²) < 4.78 is 10.0. The lowest BCUT2D eigenvalue weighted by molar-refractivity contribution is -0.133. The van der Waals surface area contributed by atoms with Gasteiger partial charge in [0.25, 0.3) is 0 Å². The van der Waals surface area contributed by atoms with E-state index in [0.717, 1.165) is 0 Å². The smallest absolute Gasteiger partial charge is 0.343 e. The maximum atomic E-state index is 11.8. The molecule has 0 fully saturated rings. The van der Waals surface area contributed by atoms with Gasteiger partial charge >= 0.3 is 5.97 Å². The Morgan fingerprint density at radius 1 is 1.33 bits per heavy atom. The van der Waals surface area contributed by atoms with Crippen LogP contribution >= 0.6 is 11.6 Å². The second-order valence-electron chi connectivity index (χ2n) is 4.38. The van der Waals surface area contributed by atoms with Gasteiger partial charge in [0.05, 0.1) is 0 Å². The zero-order chi connectivity index (χ0) is 14.8. The van der Waals surface area contributed by atoms with Crippen LogP contribution in [0.25, 0.3) is 0 Å². The number of aliphatic imine (C=N–C) groups is 2. The first-order chi connectivity index (χ1) is 10.1. The molecular formula is C14H10ClN3O3. The summed E-state index contributed by atoms with van der Waals surface area (Å²) in [7, 11) is 0. The van der Waals surface area contributed by atoms with Crippen LogP contribution in [0.1, 0.15) is 11.3 Å². The van der Waals surface area contributed by atoms with E-state index in [0.29, 0.717) is 22.2 Å². The third-order valence-corrected chi connectivity index (χ3v) is 3.00. The highest BCUT2D eigenvalue weighted by Gasteiger charge is 2.28. The predicted octanol–water partition coefficient (Wildman–Crippen LogP) is 2.71. The molecule has 0 bridgehead atoms. The molecule has 106 valence electrons. The van der Waals surface area contributed by atoms with Crippen LogP contribution in [0.4, 0.5) is 5.82 Å². The van der Waals surface area contributed by atoms with Crippen LogP contribution in [0.15, 0.2) is 44.8 Å². The number of aryl methyl sites for hydroxylation is 1. The Bertz CT molecular complexity index is 734. The second-order valence-corrected chi connectivity index (χ2v) is 4.82. The van der Waals surface area contributed by atoms with Crippen LogP contribution in [0.2, 0.25) is 5.02 Å². The van der Waals surface area contributed by atoms with Crippen LogP contribution < -0.4 is 0 Å². The zero-order valence-corrected chi connectivity index (χ0v) is 11.7. The maximum absolute atomic E-state index is 11.8. The van der Waals surface area contributed by atoms with E-state index in [1.54, 1.807) is 37.3 Å². The van der Waals surface area contributed by atoms with Gasteiger partial charge < -0.3 is 9.26 Å². The van der Waals surface area contributed by atoms with Gasteiger partial charge in [-0.2, -0.15) is 0 Å². The standard InChI is InChI=1S/C14H10ClN3O3/c1-8-6-12(18-21-8)16-7-11-14(19)20-13(17-11)9-2-4-10(15)5-3-9/h2-7,11H,1H3. The third kappa shape index (κ3) is 3.00. The van der Waals surface area contributed by atoms with Gasteiger partial charge in [0, 0.05) is 22.9 Å². The maximum Gasteiger partial charge on any atom is 0.343 e. The summed E-state index contributed by atoms with van der Waals surface area (Å²) in [5, 5.41) is 4.30. The van der Waals surface area contributed by atoms with E-state index >= 15 is 0 Å². The number of nitrogens with zero attached hydrogens (tertiary/aromatic N) is 3. The summed E-state index contributed by atoms with van der Waals surface area (Å²) >= 11 is 5.81. The zero-order valence-electron chi connectivity index (χ0n) is 11.0. The van der Waals surface area contributed by atoms with Crippen LogP contribution in [-0.2, 0) is 9.53 Å². The second kappa shape index (κ2) is 5.49. The average Bonchev–Trinajstić information content (AvgIpc) is 3.04. The minimum Gasteiger partial charge on any atom is -0.405 e. The van der Waals surface area contributed by atoms with Crippen molar-refractivity contribution < 1.29 is 14.1 Å². The molecule has 2 aromatic rings. The van der Waals surface area contributed by atoms with Crippen LogP contribution in [0.5, 0.6) is 0 Å². The lowest BCUT2D eigenvalue weighted by atomic mass is 10.2. The summed E-state index contributed by atoms with van der Waals surface area (Å²) in [4.78, 5) is 20.0. The van der Waals surface area contributed by atoms with E-state index in [1.165, 1.54) is 6.21 Å². The quantitative estimate of drug-likeness (QED) is 0.645. The highest BCUT2D eigenvalue weighted by atomic mass is 35.5. The molecule has 0 saturated heterocycles. The normalized spacial score (nSPS) is 18.1. The van der Waals surface area contributed by atoms with Crippen molar-refractivity contribution in [3.63, 3.8) is 0 Å². The van der Waals surface area contributed by atoms with Gasteiger partial charge in [-0.3, -0.25) is 0 Å². The van der Waals surface area contributed by atoms with Gasteiger partial charge in [0.2, 0.25) is 5.90 Å². The Kier molecular flexibility index (Phi) is 3.53. The van der Waals surface area contributed by atoms with Gasteiger partial charge in [-0.05, 0) is 31.2 Å². The van der Waals surface area contributed by atoms with Crippen molar-refractivity contribution >= 4 is 35.5 Å². The molecular weight excluding hydrogens is 294 g/mol. The molecule has 1 unspecified atom stereocenters. The molecule has 1 aromatic carbocycles. The summed E-state index contributed by atoms with van der Waals surface area (Å²) in [6, 6.07) is 7.73. The fraction of sp³-hybridized carbons (Fsp3) is 0.143. The fourth-order valence-electron chi connectivity index (χ4n) is 1.74. The van der Waals surface area contributed by atoms with Crippen LogP contribution in [0, 0.1) is 6.92 Å². The van der Waals surface area contributed by atoms with Crippen molar-refractivity contribution in [1.82, 2.24) is 5.16 Å². The molecule has 0 saturated carbocycles. The molecule has 2 heterocycles. The number of carbonyl (C=O) groups is 1. The van der Waals surface area contributed by atoms with E-state index in [9.17, 15) is 4.79 Å². The average molecular weight is 304 g/mol. The van der Waals surface area contributed by atoms with Gasteiger partial charge in [-0.1, -0.05) is 16.8 Å². The van der Waals surface area contributed by atoms with E-state index in [4.69, 9.17) is 20.9 Å². The number of aromatic nitrogens is 1. The van der Waals surface area contributed by atoms with Crippen molar-refractivity contribution in [2.45, 2.75) is 13.0 Å². The number of carbonyl (C=O) groups excluding carboxylic acids is 1. The van der Waals surface area contributed by atoms with Crippen molar-refractivity contribution in [3.05, 3.63) is 46.7 Å². The number of hydrogen-bond donors (Lipinski definition) is 0. The summed E-state index contributed by atoms with van der Waals surface area (Å²) in [5.41, 5.74) is 0.681. The van der Waals surface area contributed by atoms with Crippen molar-refractivity contribution in [2.24, 2.45) is 9.98 Å². The number of esters is 1. The van der Waals surface area contributed by atoms with Gasteiger partial charge in [0.15, 0.2) is 11.9 Å². The minimum absolute atomic E-state index is 0.254. The van der Waals surface area contributed by atoms with Crippen molar-refractivity contribution in [1.29, 1.82) is 0 Å². The molecule has 1 aliphatic rings. The summed E-state index contributed by atoms with van der Waals surface area (Å²) in [6.45, 7) is 1.76. The monoisotopic (exact) mass is 303 g/mol. The van der Waals surface area contributed by atoms with Gasteiger partial charge in [-0.25, -0.2) is 14.8 Å². The molecule has 7 heteroatoms. The topological polar surface area (TPSA) is 77.1 Å². The van der Waals surface area contributed by atoms with Gasteiger partial charge in [0.1, 0.15) is 5.76 Å². The van der Waals surface area contributed by atoms with Gasteiger partial charge in [-0.15, -0.1) is 0 Å². The van der Waals surface area contributed by atoms with Crippen molar-refractivity contribution in [3.8, 4) is 0 Å². The highest BCUT2D eigenvalue weighted by Crippen LogP contribution is 2.17. The van der Waals surface area contributed by atoms with Crippen LogP contribution in [-0.4, -0.2) is 29.3 Å². The molecule has 0 N–H and O–H groups in total. The first-order valence-corrected chi connectivity index (χ1v) is 6.52. The first kappa shape index (κ1) is 13.5. The highest BCUT2D eigenvalue weighted by molar-refractivity contribution is 6.30. The Morgan fingerprint density at radius 3 is 2.76 bits per heavy atom.